The fraction of sp³-hybridized carbons (Fsp3) is 0.280. The van der Waals surface area contributed by atoms with Gasteiger partial charge in [0.2, 0.25) is 5.91 Å². The number of alkyl carbamates (subject to hydrolysis) is 1. The second-order valence-electron chi connectivity index (χ2n) is 8.64. The third-order valence-electron chi connectivity index (χ3n) is 6.46. The smallest absolute Gasteiger partial charge is 0.407 e. The highest BCUT2D eigenvalue weighted by atomic mass is 16.5. The van der Waals surface area contributed by atoms with Gasteiger partial charge < -0.3 is 20.5 Å². The van der Waals surface area contributed by atoms with Gasteiger partial charge in [-0.2, -0.15) is 5.10 Å². The van der Waals surface area contributed by atoms with Gasteiger partial charge in [-0.3, -0.25) is 9.48 Å². The summed E-state index contributed by atoms with van der Waals surface area (Å²) in [5.41, 5.74) is 4.62. The van der Waals surface area contributed by atoms with E-state index in [9.17, 15) is 14.4 Å². The molecule has 2 aliphatic carbocycles. The van der Waals surface area contributed by atoms with Gasteiger partial charge in [-0.05, 0) is 34.6 Å². The van der Waals surface area contributed by atoms with Gasteiger partial charge >= 0.3 is 12.1 Å². The molecule has 0 spiro atoms. The number of hydrogen-bond donors (Lipinski definition) is 3. The third-order valence-corrected chi connectivity index (χ3v) is 6.46. The summed E-state index contributed by atoms with van der Waals surface area (Å²) < 4.78 is 6.72. The predicted molar refractivity (Wildman–Crippen MR) is 123 cm³/mol. The molecule has 0 bridgehead atoms. The first-order valence-corrected chi connectivity index (χ1v) is 11.1. The number of nitrogens with zero attached hydrogens (tertiary/aromatic N) is 2. The molecule has 1 aromatic heterocycles. The van der Waals surface area contributed by atoms with Crippen molar-refractivity contribution in [2.75, 3.05) is 18.5 Å². The van der Waals surface area contributed by atoms with Crippen molar-refractivity contribution >= 4 is 23.8 Å². The van der Waals surface area contributed by atoms with E-state index in [0.29, 0.717) is 13.0 Å². The van der Waals surface area contributed by atoms with Gasteiger partial charge in [0, 0.05) is 31.5 Å². The first kappa shape index (κ1) is 21.7. The van der Waals surface area contributed by atoms with Gasteiger partial charge in [0.15, 0.2) is 5.82 Å². The molecule has 0 aliphatic heterocycles. The minimum atomic E-state index is -1.12. The van der Waals surface area contributed by atoms with Gasteiger partial charge in [-0.1, -0.05) is 48.5 Å². The lowest BCUT2D eigenvalue weighted by Gasteiger charge is -2.14. The van der Waals surface area contributed by atoms with E-state index in [1.54, 1.807) is 0 Å². The van der Waals surface area contributed by atoms with Crippen LogP contribution in [-0.2, 0) is 16.6 Å². The summed E-state index contributed by atoms with van der Waals surface area (Å²) >= 11 is 0. The lowest BCUT2D eigenvalue weighted by Crippen LogP contribution is -2.29. The van der Waals surface area contributed by atoms with Crippen LogP contribution in [0.1, 0.15) is 34.0 Å². The van der Waals surface area contributed by atoms with Crippen LogP contribution < -0.4 is 10.6 Å². The number of carbonyl (C=O) groups excluding carboxylic acids is 2. The zero-order valence-corrected chi connectivity index (χ0v) is 18.5. The highest BCUT2D eigenvalue weighted by molar-refractivity contribution is 5.95. The van der Waals surface area contributed by atoms with E-state index < -0.39 is 12.1 Å². The fourth-order valence-corrected chi connectivity index (χ4v) is 4.61. The highest BCUT2D eigenvalue weighted by Crippen LogP contribution is 2.44. The fourth-order valence-electron chi connectivity index (χ4n) is 4.61. The summed E-state index contributed by atoms with van der Waals surface area (Å²) in [5, 5.41) is 18.5. The molecule has 1 heterocycles. The zero-order valence-electron chi connectivity index (χ0n) is 18.5. The Labute approximate surface area is 195 Å². The van der Waals surface area contributed by atoms with Crippen molar-refractivity contribution in [1.29, 1.82) is 0 Å². The molecule has 2 aliphatic rings. The molecule has 2 aromatic carbocycles. The van der Waals surface area contributed by atoms with E-state index in [1.165, 1.54) is 28.9 Å². The molecule has 1 fully saturated rings. The van der Waals surface area contributed by atoms with Gasteiger partial charge in [-0.15, -0.1) is 0 Å². The number of aryl methyl sites for hydroxylation is 1. The monoisotopic (exact) mass is 460 g/mol. The lowest BCUT2D eigenvalue weighted by atomic mass is 9.98. The standard InChI is InChI=1S/C25H24N4O5/c1-29-21(24(31)32)11-22(28-29)27-23(30)19-10-14(19)12-26-25(33)34-13-20-17-8-4-2-6-15(17)16-7-3-5-9-18(16)20/h2-9,11,14,19-20H,10,12-13H2,1H3,(H,26,33)(H,31,32)(H,27,28,30). The van der Waals surface area contributed by atoms with Crippen LogP contribution in [0.5, 0.6) is 0 Å². The Balaban J connectivity index is 1.10. The number of amides is 2. The van der Waals surface area contributed by atoms with Crippen molar-refractivity contribution in [3.8, 4) is 11.1 Å². The Kier molecular flexibility index (Phi) is 5.53. The molecule has 9 heteroatoms. The number of ether oxygens (including phenoxy) is 1. The zero-order chi connectivity index (χ0) is 23.8. The normalized spacial score (nSPS) is 18.0. The van der Waals surface area contributed by atoms with Crippen molar-refractivity contribution in [3.05, 3.63) is 71.4 Å². The Hall–Kier alpha value is -4.14. The van der Waals surface area contributed by atoms with Crippen molar-refractivity contribution in [2.24, 2.45) is 18.9 Å². The molecule has 3 aromatic rings. The van der Waals surface area contributed by atoms with Crippen molar-refractivity contribution < 1.29 is 24.2 Å². The van der Waals surface area contributed by atoms with Crippen molar-refractivity contribution in [3.63, 3.8) is 0 Å². The second-order valence-corrected chi connectivity index (χ2v) is 8.64. The number of aromatic nitrogens is 2. The third kappa shape index (κ3) is 4.12. The Bertz CT molecular complexity index is 1240. The summed E-state index contributed by atoms with van der Waals surface area (Å²) in [6.07, 6.45) is 0.123. The average Bonchev–Trinajstić information content (AvgIpc) is 3.42. The number of nitrogens with one attached hydrogen (secondary N) is 2. The number of carboxylic acids is 1. The first-order valence-electron chi connectivity index (χ1n) is 11.1. The number of aromatic carboxylic acids is 1. The van der Waals surface area contributed by atoms with Crippen LogP contribution in [0.4, 0.5) is 10.6 Å². The molecule has 9 nitrogen and oxygen atoms in total. The van der Waals surface area contributed by atoms with Gasteiger partial charge in [0.25, 0.3) is 0 Å². The SMILES string of the molecule is Cn1nc(NC(=O)C2CC2CNC(=O)OCC2c3ccccc3-c3ccccc32)cc1C(=O)O. The largest absolute Gasteiger partial charge is 0.477 e. The molecular formula is C25H24N4O5. The van der Waals surface area contributed by atoms with Gasteiger partial charge in [0.1, 0.15) is 12.3 Å². The van der Waals surface area contributed by atoms with Crippen LogP contribution in [0.3, 0.4) is 0 Å². The van der Waals surface area contributed by atoms with Crippen LogP contribution >= 0.6 is 0 Å². The minimum absolute atomic E-state index is 0.00291. The molecule has 0 radical (unpaired) electrons. The van der Waals surface area contributed by atoms with E-state index in [4.69, 9.17) is 9.84 Å². The summed E-state index contributed by atoms with van der Waals surface area (Å²) in [5.74, 6) is -1.43. The summed E-state index contributed by atoms with van der Waals surface area (Å²) in [7, 11) is 1.50. The van der Waals surface area contributed by atoms with E-state index in [-0.39, 0.29) is 41.8 Å². The molecule has 0 saturated heterocycles. The van der Waals surface area contributed by atoms with Crippen molar-refractivity contribution in [1.82, 2.24) is 15.1 Å². The van der Waals surface area contributed by atoms with E-state index in [0.717, 1.165) is 11.1 Å². The van der Waals surface area contributed by atoms with E-state index in [1.807, 2.05) is 24.3 Å². The Morgan fingerprint density at radius 3 is 2.35 bits per heavy atom. The minimum Gasteiger partial charge on any atom is -0.477 e. The molecule has 5 rings (SSSR count). The maximum absolute atomic E-state index is 12.4. The maximum Gasteiger partial charge on any atom is 0.407 e. The molecule has 174 valence electrons. The predicted octanol–water partition coefficient (Wildman–Crippen LogP) is 3.23. The molecule has 34 heavy (non-hydrogen) atoms. The number of fused-ring (bicyclic) bond motifs is 3. The first-order chi connectivity index (χ1) is 16.4. The lowest BCUT2D eigenvalue weighted by molar-refractivity contribution is -0.117. The second kappa shape index (κ2) is 8.66. The maximum atomic E-state index is 12.4. The Morgan fingerprint density at radius 2 is 1.74 bits per heavy atom. The topological polar surface area (TPSA) is 123 Å². The summed E-state index contributed by atoms with van der Waals surface area (Å²) in [4.78, 5) is 35.8. The number of rotatable bonds is 7. The van der Waals surface area contributed by atoms with Gasteiger partial charge in [0.05, 0.1) is 0 Å². The van der Waals surface area contributed by atoms with Crippen LogP contribution in [0.25, 0.3) is 11.1 Å². The molecule has 2 unspecified atom stereocenters. The van der Waals surface area contributed by atoms with Crippen LogP contribution in [-0.4, -0.2) is 46.0 Å². The van der Waals surface area contributed by atoms with Crippen LogP contribution in [0.2, 0.25) is 0 Å². The molecule has 1 saturated carbocycles. The number of carbonyl (C=O) groups is 3. The summed E-state index contributed by atoms with van der Waals surface area (Å²) in [6.45, 7) is 0.567. The number of carboxylic acid groups (broad SMARTS) is 1. The molecule has 3 N–H and O–H groups in total. The molecular weight excluding hydrogens is 436 g/mol. The van der Waals surface area contributed by atoms with E-state index >= 15 is 0 Å². The van der Waals surface area contributed by atoms with Crippen molar-refractivity contribution in [2.45, 2.75) is 12.3 Å². The average molecular weight is 460 g/mol. The summed E-state index contributed by atoms with van der Waals surface area (Å²) in [6, 6.07) is 17.6. The van der Waals surface area contributed by atoms with Crippen LogP contribution in [0.15, 0.2) is 54.6 Å². The molecule has 2 atom stereocenters. The van der Waals surface area contributed by atoms with Crippen LogP contribution in [0, 0.1) is 11.8 Å². The van der Waals surface area contributed by atoms with Gasteiger partial charge in [-0.25, -0.2) is 9.59 Å². The number of hydrogen-bond acceptors (Lipinski definition) is 5. The number of anilines is 1. The molecule has 2 amide bonds. The highest BCUT2D eigenvalue weighted by Gasteiger charge is 2.43. The Morgan fingerprint density at radius 1 is 1.09 bits per heavy atom. The van der Waals surface area contributed by atoms with E-state index in [2.05, 4.69) is 40.0 Å². The quantitative estimate of drug-likeness (QED) is 0.498. The number of benzene rings is 2.